The van der Waals surface area contributed by atoms with Crippen molar-refractivity contribution >= 4 is 5.97 Å². The molecule has 76 valence electrons. The molecular weight excluding hydrogens is 176 g/mol. The Morgan fingerprint density at radius 2 is 1.85 bits per heavy atom. The Kier molecular flexibility index (Phi) is 2.33. The van der Waals surface area contributed by atoms with Crippen molar-refractivity contribution < 1.29 is 20.3 Å². The maximum atomic E-state index is 10.7. The van der Waals surface area contributed by atoms with Gasteiger partial charge in [0, 0.05) is 0 Å². The van der Waals surface area contributed by atoms with Crippen molar-refractivity contribution in [1.82, 2.24) is 10.1 Å². The largest absolute Gasteiger partial charge is 0.479 e. The fourth-order valence-corrected chi connectivity index (χ4v) is 1.37. The molecule has 3 N–H and O–H groups in total. The highest BCUT2D eigenvalue weighted by atomic mass is 16.6. The lowest BCUT2D eigenvalue weighted by Crippen LogP contribution is -2.46. The molecule has 1 heterocycles. The molecule has 0 aromatic heterocycles. The lowest BCUT2D eigenvalue weighted by Gasteiger charge is -2.28. The van der Waals surface area contributed by atoms with Gasteiger partial charge in [-0.2, -0.15) is 10.1 Å². The first-order valence-corrected chi connectivity index (χ1v) is 3.98. The molecule has 0 radical (unpaired) electrons. The third-order valence-electron chi connectivity index (χ3n) is 2.71. The fourth-order valence-electron chi connectivity index (χ4n) is 1.37. The summed E-state index contributed by atoms with van der Waals surface area (Å²) in [6.07, 6.45) is -1.38. The van der Waals surface area contributed by atoms with E-state index in [2.05, 4.69) is 0 Å². The van der Waals surface area contributed by atoms with E-state index in [0.717, 1.165) is 0 Å². The molecule has 2 unspecified atom stereocenters. The van der Waals surface area contributed by atoms with E-state index in [0.29, 0.717) is 10.1 Å². The van der Waals surface area contributed by atoms with Gasteiger partial charge in [-0.3, -0.25) is 0 Å². The zero-order chi connectivity index (χ0) is 10.4. The van der Waals surface area contributed by atoms with Crippen LogP contribution in [0.2, 0.25) is 0 Å². The first-order valence-electron chi connectivity index (χ1n) is 3.98. The van der Waals surface area contributed by atoms with Crippen molar-refractivity contribution in [3.05, 3.63) is 0 Å². The first kappa shape index (κ1) is 10.4. The topological polar surface area (TPSA) is 84.2 Å². The van der Waals surface area contributed by atoms with Crippen LogP contribution >= 0.6 is 0 Å². The number of carboxylic acids is 1. The Hall–Kier alpha value is -0.690. The molecule has 0 aliphatic carbocycles. The van der Waals surface area contributed by atoms with Crippen LogP contribution in [0.3, 0.4) is 0 Å². The number of hydrogen-bond donors (Lipinski definition) is 3. The molecule has 6 heteroatoms. The summed E-state index contributed by atoms with van der Waals surface area (Å²) in [5.41, 5.74) is -0.780. The third-order valence-corrected chi connectivity index (χ3v) is 2.71. The second kappa shape index (κ2) is 2.91. The third kappa shape index (κ3) is 1.31. The van der Waals surface area contributed by atoms with Gasteiger partial charge in [0.25, 0.3) is 0 Å². The Labute approximate surface area is 75.9 Å². The van der Waals surface area contributed by atoms with Crippen molar-refractivity contribution in [2.75, 3.05) is 0 Å². The van der Waals surface area contributed by atoms with Gasteiger partial charge in [0.1, 0.15) is 0 Å². The molecule has 0 aromatic carbocycles. The SMILES string of the molecule is CC1N(O)C(C(=O)O)N(O)C1(C)C. The highest BCUT2D eigenvalue weighted by Crippen LogP contribution is 2.32. The molecule has 1 rings (SSSR count). The van der Waals surface area contributed by atoms with Crippen LogP contribution in [-0.2, 0) is 4.79 Å². The van der Waals surface area contributed by atoms with Gasteiger partial charge in [0.05, 0.1) is 11.6 Å². The minimum absolute atomic E-state index is 0.446. The van der Waals surface area contributed by atoms with Crippen molar-refractivity contribution in [2.45, 2.75) is 38.5 Å². The van der Waals surface area contributed by atoms with Gasteiger partial charge in [-0.05, 0) is 20.8 Å². The lowest BCUT2D eigenvalue weighted by atomic mass is 9.98. The Bertz CT molecular complexity index is 231. The molecule has 2 atom stereocenters. The number of nitrogens with zero attached hydrogens (tertiary/aromatic N) is 2. The van der Waals surface area contributed by atoms with Crippen molar-refractivity contribution in [3.8, 4) is 0 Å². The van der Waals surface area contributed by atoms with Gasteiger partial charge in [-0.25, -0.2) is 4.79 Å². The van der Waals surface area contributed by atoms with Crippen molar-refractivity contribution in [1.29, 1.82) is 0 Å². The number of hydroxylamine groups is 4. The predicted octanol–water partition coefficient (Wildman–Crippen LogP) is -0.0398. The van der Waals surface area contributed by atoms with Gasteiger partial charge >= 0.3 is 5.97 Å². The second-order valence-electron chi connectivity index (χ2n) is 3.77. The second-order valence-corrected chi connectivity index (χ2v) is 3.77. The molecule has 1 fully saturated rings. The smallest absolute Gasteiger partial charge is 0.340 e. The number of carboxylic acid groups (broad SMARTS) is 1. The summed E-state index contributed by atoms with van der Waals surface area (Å²) in [6, 6.07) is -0.446. The van der Waals surface area contributed by atoms with Crippen LogP contribution in [-0.4, -0.2) is 49.4 Å². The summed E-state index contributed by atoms with van der Waals surface area (Å²) >= 11 is 0. The molecule has 13 heavy (non-hydrogen) atoms. The molecule has 6 nitrogen and oxygen atoms in total. The van der Waals surface area contributed by atoms with E-state index in [-0.39, 0.29) is 0 Å². The summed E-state index contributed by atoms with van der Waals surface area (Å²) in [5, 5.41) is 28.9. The average molecular weight is 190 g/mol. The molecule has 1 aliphatic rings. The van der Waals surface area contributed by atoms with Crippen LogP contribution in [0.5, 0.6) is 0 Å². The van der Waals surface area contributed by atoms with Crippen molar-refractivity contribution in [2.24, 2.45) is 0 Å². The van der Waals surface area contributed by atoms with E-state index in [1.165, 1.54) is 0 Å². The minimum atomic E-state index is -1.38. The van der Waals surface area contributed by atoms with Crippen LogP contribution in [0.25, 0.3) is 0 Å². The monoisotopic (exact) mass is 190 g/mol. The number of rotatable bonds is 1. The molecule has 0 saturated carbocycles. The lowest BCUT2D eigenvalue weighted by molar-refractivity contribution is -0.223. The van der Waals surface area contributed by atoms with E-state index in [9.17, 15) is 15.2 Å². The van der Waals surface area contributed by atoms with Gasteiger partial charge in [-0.1, -0.05) is 0 Å². The zero-order valence-electron chi connectivity index (χ0n) is 7.80. The van der Waals surface area contributed by atoms with Gasteiger partial charge < -0.3 is 15.5 Å². The minimum Gasteiger partial charge on any atom is -0.479 e. The summed E-state index contributed by atoms with van der Waals surface area (Å²) in [6.45, 7) is 4.96. The van der Waals surface area contributed by atoms with E-state index >= 15 is 0 Å². The van der Waals surface area contributed by atoms with Crippen LogP contribution in [0.4, 0.5) is 0 Å². The molecule has 0 aromatic rings. The Morgan fingerprint density at radius 1 is 1.38 bits per heavy atom. The molecule has 0 spiro atoms. The quantitative estimate of drug-likeness (QED) is 0.538. The van der Waals surface area contributed by atoms with Crippen LogP contribution in [0, 0.1) is 0 Å². The maximum Gasteiger partial charge on any atom is 0.340 e. The van der Waals surface area contributed by atoms with Crippen LogP contribution in [0.1, 0.15) is 20.8 Å². The standard InChI is InChI=1S/C7H14N2O4/c1-4-7(2,3)9(13)5(6(10)11)8(4)12/h4-5,12-13H,1-3H3,(H,10,11). The summed E-state index contributed by atoms with van der Waals surface area (Å²) in [5.74, 6) is -1.28. The van der Waals surface area contributed by atoms with Gasteiger partial charge in [-0.15, -0.1) is 0 Å². The maximum absolute atomic E-state index is 10.7. The highest BCUT2D eigenvalue weighted by Gasteiger charge is 2.53. The number of carbonyl (C=O) groups is 1. The predicted molar refractivity (Wildman–Crippen MR) is 42.2 cm³/mol. The van der Waals surface area contributed by atoms with Crippen LogP contribution in [0.15, 0.2) is 0 Å². The molecule has 0 bridgehead atoms. The normalized spacial score (nSPS) is 35.2. The fraction of sp³-hybridized carbons (Fsp3) is 0.857. The Morgan fingerprint density at radius 3 is 2.00 bits per heavy atom. The highest BCUT2D eigenvalue weighted by molar-refractivity contribution is 5.73. The number of aliphatic carboxylic acids is 1. The molecular formula is C7H14N2O4. The van der Waals surface area contributed by atoms with Crippen LogP contribution < -0.4 is 0 Å². The van der Waals surface area contributed by atoms with E-state index < -0.39 is 23.7 Å². The number of hydrogen-bond acceptors (Lipinski definition) is 5. The summed E-state index contributed by atoms with van der Waals surface area (Å²) < 4.78 is 0. The van der Waals surface area contributed by atoms with Crippen molar-refractivity contribution in [3.63, 3.8) is 0 Å². The van der Waals surface area contributed by atoms with E-state index in [1.54, 1.807) is 20.8 Å². The molecule has 1 saturated heterocycles. The summed E-state index contributed by atoms with van der Waals surface area (Å²) in [4.78, 5) is 10.7. The van der Waals surface area contributed by atoms with E-state index in [4.69, 9.17) is 5.11 Å². The average Bonchev–Trinajstić information content (AvgIpc) is 2.14. The summed E-state index contributed by atoms with van der Waals surface area (Å²) in [7, 11) is 0. The molecule has 1 aliphatic heterocycles. The zero-order valence-corrected chi connectivity index (χ0v) is 7.80. The Balaban J connectivity index is 2.98. The van der Waals surface area contributed by atoms with Gasteiger partial charge in [0.2, 0.25) is 6.17 Å². The first-order chi connectivity index (χ1) is 5.80. The molecule has 0 amide bonds. The van der Waals surface area contributed by atoms with E-state index in [1.807, 2.05) is 0 Å². The van der Waals surface area contributed by atoms with Gasteiger partial charge in [0.15, 0.2) is 0 Å².